The van der Waals surface area contributed by atoms with Crippen LogP contribution in [0, 0.1) is 0 Å². The second kappa shape index (κ2) is 2.48. The van der Waals surface area contributed by atoms with Crippen molar-refractivity contribution in [2.45, 2.75) is 4.90 Å². The van der Waals surface area contributed by atoms with Gasteiger partial charge in [-0.15, -0.1) is 0 Å². The number of pyridine rings is 1. The molecule has 6 heteroatoms. The van der Waals surface area contributed by atoms with Crippen LogP contribution in [0.5, 0.6) is 5.88 Å². The van der Waals surface area contributed by atoms with E-state index in [1.807, 2.05) is 0 Å². The lowest BCUT2D eigenvalue weighted by Gasteiger charge is -1.97. The fourth-order valence-corrected chi connectivity index (χ4v) is 1.18. The normalized spacial score (nSPS) is 11.4. The molecule has 1 rings (SSSR count). The topological polar surface area (TPSA) is 93.3 Å². The van der Waals surface area contributed by atoms with Gasteiger partial charge in [-0.1, -0.05) is 0 Å². The van der Waals surface area contributed by atoms with Crippen LogP contribution >= 0.6 is 0 Å². The van der Waals surface area contributed by atoms with Crippen molar-refractivity contribution in [2.75, 3.05) is 0 Å². The van der Waals surface area contributed by atoms with Gasteiger partial charge >= 0.3 is 0 Å². The Morgan fingerprint density at radius 1 is 1.55 bits per heavy atom. The number of hydrogen-bond donors (Lipinski definition) is 2. The summed E-state index contributed by atoms with van der Waals surface area (Å²) in [7, 11) is -3.85. The maximum Gasteiger partial charge on any atom is 0.243 e. The van der Waals surface area contributed by atoms with Crippen LogP contribution in [0.1, 0.15) is 0 Å². The number of rotatable bonds is 1. The lowest BCUT2D eigenvalue weighted by atomic mass is 10.5. The lowest BCUT2D eigenvalue weighted by Crippen LogP contribution is -2.12. The van der Waals surface area contributed by atoms with Crippen molar-refractivity contribution < 1.29 is 13.5 Å². The number of nitrogens with zero attached hydrogens (tertiary/aromatic N) is 1. The van der Waals surface area contributed by atoms with E-state index in [4.69, 9.17) is 10.2 Å². The van der Waals surface area contributed by atoms with E-state index in [1.54, 1.807) is 0 Å². The molecule has 0 aliphatic rings. The van der Waals surface area contributed by atoms with E-state index in [-0.39, 0.29) is 4.90 Å². The van der Waals surface area contributed by atoms with Gasteiger partial charge in [-0.3, -0.25) is 0 Å². The summed E-state index contributed by atoms with van der Waals surface area (Å²) in [5, 5.41) is 13.6. The molecular weight excluding hydrogens is 168 g/mol. The summed E-state index contributed by atoms with van der Waals surface area (Å²) in [6.45, 7) is 0. The zero-order valence-corrected chi connectivity index (χ0v) is 6.25. The third kappa shape index (κ3) is 1.66. The van der Waals surface area contributed by atoms with Gasteiger partial charge in [-0.2, -0.15) is 0 Å². The van der Waals surface area contributed by atoms with Crippen molar-refractivity contribution in [1.82, 2.24) is 4.98 Å². The molecule has 0 amide bonds. The van der Waals surface area contributed by atoms with Crippen LogP contribution in [0.3, 0.4) is 0 Å². The quantitative estimate of drug-likeness (QED) is 0.596. The molecule has 11 heavy (non-hydrogen) atoms. The van der Waals surface area contributed by atoms with Gasteiger partial charge in [0, 0.05) is 6.20 Å². The van der Waals surface area contributed by atoms with Crippen molar-refractivity contribution in [3.05, 3.63) is 18.3 Å². The third-order valence-corrected chi connectivity index (χ3v) is 1.99. The van der Waals surface area contributed by atoms with E-state index < -0.39 is 15.9 Å². The Labute approximate surface area is 63.5 Å². The number of aromatic hydroxyl groups is 1. The minimum Gasteiger partial charge on any atom is -0.492 e. The van der Waals surface area contributed by atoms with E-state index in [9.17, 15) is 8.42 Å². The Balaban J connectivity index is 3.37. The molecule has 1 aromatic heterocycles. The number of aromatic nitrogens is 1. The first-order valence-electron chi connectivity index (χ1n) is 2.68. The fraction of sp³-hybridized carbons (Fsp3) is 0. The van der Waals surface area contributed by atoms with Crippen LogP contribution in [0.2, 0.25) is 0 Å². The van der Waals surface area contributed by atoms with Gasteiger partial charge in [0.1, 0.15) is 4.90 Å². The summed E-state index contributed by atoms with van der Waals surface area (Å²) < 4.78 is 21.3. The zero-order chi connectivity index (χ0) is 8.48. The van der Waals surface area contributed by atoms with Gasteiger partial charge < -0.3 is 5.11 Å². The maximum atomic E-state index is 10.6. The number of nitrogens with two attached hydrogens (primary N) is 1. The van der Waals surface area contributed by atoms with E-state index in [2.05, 4.69) is 4.98 Å². The summed E-state index contributed by atoms with van der Waals surface area (Å²) >= 11 is 0. The second-order valence-electron chi connectivity index (χ2n) is 1.87. The van der Waals surface area contributed by atoms with Crippen molar-refractivity contribution in [3.63, 3.8) is 0 Å². The van der Waals surface area contributed by atoms with Crippen molar-refractivity contribution in [2.24, 2.45) is 5.14 Å². The molecule has 0 radical (unpaired) electrons. The predicted octanol–water partition coefficient (Wildman–Crippen LogP) is -0.565. The standard InChI is InChI=1S/C5H6N2O3S/c6-11(9,10)4-2-1-3-7-5(4)8/h1-3H,(H,7,8)(H2,6,9,10). The summed E-state index contributed by atoms with van der Waals surface area (Å²) in [5.74, 6) is -0.574. The molecule has 0 unspecified atom stereocenters. The van der Waals surface area contributed by atoms with Crippen LogP contribution in [-0.2, 0) is 10.0 Å². The summed E-state index contributed by atoms with van der Waals surface area (Å²) in [4.78, 5) is 2.98. The van der Waals surface area contributed by atoms with Crippen molar-refractivity contribution in [1.29, 1.82) is 0 Å². The fourth-order valence-electron chi connectivity index (χ4n) is 0.604. The molecule has 0 aliphatic carbocycles. The molecule has 60 valence electrons. The summed E-state index contributed by atoms with van der Waals surface area (Å²) in [5.41, 5.74) is 0. The Hall–Kier alpha value is -1.14. The Bertz CT molecular complexity index is 360. The van der Waals surface area contributed by atoms with Crippen molar-refractivity contribution in [3.8, 4) is 5.88 Å². The molecular formula is C5H6N2O3S. The first-order valence-corrected chi connectivity index (χ1v) is 4.23. The number of hydrogen-bond acceptors (Lipinski definition) is 4. The zero-order valence-electron chi connectivity index (χ0n) is 5.43. The molecule has 3 N–H and O–H groups in total. The Morgan fingerprint density at radius 2 is 2.18 bits per heavy atom. The molecule has 0 spiro atoms. The molecule has 0 aliphatic heterocycles. The molecule has 0 bridgehead atoms. The van der Waals surface area contributed by atoms with Gasteiger partial charge in [0.15, 0.2) is 0 Å². The van der Waals surface area contributed by atoms with E-state index in [1.165, 1.54) is 18.3 Å². The van der Waals surface area contributed by atoms with Crippen LogP contribution in [0.25, 0.3) is 0 Å². The minimum atomic E-state index is -3.85. The van der Waals surface area contributed by atoms with Crippen LogP contribution in [0.4, 0.5) is 0 Å². The van der Waals surface area contributed by atoms with Crippen LogP contribution in [-0.4, -0.2) is 18.5 Å². The highest BCUT2D eigenvalue weighted by Crippen LogP contribution is 2.15. The highest BCUT2D eigenvalue weighted by Gasteiger charge is 2.12. The summed E-state index contributed by atoms with van der Waals surface area (Å²) in [6, 6.07) is 2.55. The van der Waals surface area contributed by atoms with E-state index in [0.29, 0.717) is 0 Å². The first-order chi connectivity index (χ1) is 5.02. The van der Waals surface area contributed by atoms with Crippen LogP contribution in [0.15, 0.2) is 23.2 Å². The molecule has 1 aromatic rings. The molecule has 0 fully saturated rings. The molecule has 5 nitrogen and oxygen atoms in total. The number of sulfonamides is 1. The average Bonchev–Trinajstić information content (AvgIpc) is 1.86. The third-order valence-electron chi connectivity index (χ3n) is 1.06. The smallest absolute Gasteiger partial charge is 0.243 e. The SMILES string of the molecule is NS(=O)(=O)c1cccnc1O. The highest BCUT2D eigenvalue weighted by molar-refractivity contribution is 7.89. The lowest BCUT2D eigenvalue weighted by molar-refractivity contribution is 0.436. The average molecular weight is 174 g/mol. The van der Waals surface area contributed by atoms with Gasteiger partial charge in [0.25, 0.3) is 0 Å². The van der Waals surface area contributed by atoms with E-state index >= 15 is 0 Å². The molecule has 0 saturated heterocycles. The Kier molecular flexibility index (Phi) is 1.79. The highest BCUT2D eigenvalue weighted by atomic mass is 32.2. The Morgan fingerprint density at radius 3 is 2.55 bits per heavy atom. The first kappa shape index (κ1) is 7.96. The monoisotopic (exact) mass is 174 g/mol. The van der Waals surface area contributed by atoms with Crippen molar-refractivity contribution >= 4 is 10.0 Å². The van der Waals surface area contributed by atoms with E-state index in [0.717, 1.165) is 0 Å². The maximum absolute atomic E-state index is 10.6. The van der Waals surface area contributed by atoms with Gasteiger partial charge in [0.05, 0.1) is 0 Å². The largest absolute Gasteiger partial charge is 0.492 e. The molecule has 0 aromatic carbocycles. The van der Waals surface area contributed by atoms with Gasteiger partial charge in [0.2, 0.25) is 15.9 Å². The summed E-state index contributed by atoms with van der Waals surface area (Å²) in [6.07, 6.45) is 1.27. The minimum absolute atomic E-state index is 0.361. The molecule has 1 heterocycles. The van der Waals surface area contributed by atoms with Crippen LogP contribution < -0.4 is 5.14 Å². The number of primary sulfonamides is 1. The second-order valence-corrected chi connectivity index (χ2v) is 3.40. The molecule has 0 saturated carbocycles. The predicted molar refractivity (Wildman–Crippen MR) is 37.3 cm³/mol. The van der Waals surface area contributed by atoms with Gasteiger partial charge in [-0.05, 0) is 12.1 Å². The molecule has 0 atom stereocenters. The van der Waals surface area contributed by atoms with Gasteiger partial charge in [-0.25, -0.2) is 18.5 Å².